The number of anilines is 3. The van der Waals surface area contributed by atoms with Crippen LogP contribution in [-0.2, 0) is 0 Å². The molecule has 8 aromatic carbocycles. The molecule has 0 spiro atoms. The number of hydrogen-bond donors (Lipinski definition) is 0. The molecule has 2 heterocycles. The fraction of sp³-hybridized carbons (Fsp3) is 0. The van der Waals surface area contributed by atoms with Crippen molar-refractivity contribution in [3.63, 3.8) is 0 Å². The van der Waals surface area contributed by atoms with Gasteiger partial charge in [-0.25, -0.2) is 0 Å². The predicted molar refractivity (Wildman–Crippen MR) is 202 cm³/mol. The fourth-order valence-electron chi connectivity index (χ4n) is 7.20. The molecule has 0 N–H and O–H groups in total. The van der Waals surface area contributed by atoms with E-state index >= 15 is 0 Å². The highest BCUT2D eigenvalue weighted by molar-refractivity contribution is 7.25. The third-order valence-electron chi connectivity index (χ3n) is 9.45. The van der Waals surface area contributed by atoms with Crippen molar-refractivity contribution in [3.05, 3.63) is 164 Å². The molecule has 0 radical (unpaired) electrons. The summed E-state index contributed by atoms with van der Waals surface area (Å²) in [5.74, 6) is 0. The van der Waals surface area contributed by atoms with Gasteiger partial charge in [0.25, 0.3) is 0 Å². The molecule has 0 saturated carbocycles. The van der Waals surface area contributed by atoms with Crippen molar-refractivity contribution in [2.24, 2.45) is 0 Å². The van der Waals surface area contributed by atoms with E-state index in [1.807, 2.05) is 11.3 Å². The minimum absolute atomic E-state index is 0.894. The number of hydrogen-bond acceptors (Lipinski definition) is 3. The van der Waals surface area contributed by atoms with Crippen LogP contribution in [-0.4, -0.2) is 0 Å². The molecular weight excluding hydrogens is 591 g/mol. The van der Waals surface area contributed by atoms with Crippen LogP contribution in [0.25, 0.3) is 74.8 Å². The van der Waals surface area contributed by atoms with Gasteiger partial charge in [-0.3, -0.25) is 0 Å². The zero-order chi connectivity index (χ0) is 30.9. The molecule has 0 aliphatic rings. The van der Waals surface area contributed by atoms with Gasteiger partial charge in [0, 0.05) is 53.4 Å². The number of rotatable bonds is 4. The maximum atomic E-state index is 6.49. The van der Waals surface area contributed by atoms with Gasteiger partial charge < -0.3 is 9.32 Å². The Bertz CT molecular complexity index is 2800. The second-order valence-electron chi connectivity index (χ2n) is 12.1. The van der Waals surface area contributed by atoms with E-state index in [2.05, 4.69) is 169 Å². The highest BCUT2D eigenvalue weighted by Crippen LogP contribution is 2.43. The van der Waals surface area contributed by atoms with E-state index < -0.39 is 0 Å². The molecule has 2 aromatic heterocycles. The first kappa shape index (κ1) is 26.3. The van der Waals surface area contributed by atoms with Crippen LogP contribution < -0.4 is 4.90 Å². The Morgan fingerprint density at radius 3 is 1.89 bits per heavy atom. The maximum absolute atomic E-state index is 6.49. The van der Waals surface area contributed by atoms with E-state index in [0.717, 1.165) is 44.4 Å². The van der Waals surface area contributed by atoms with Gasteiger partial charge >= 0.3 is 0 Å². The Hall–Kier alpha value is -5.90. The van der Waals surface area contributed by atoms with Crippen LogP contribution in [0.15, 0.2) is 168 Å². The normalized spacial score (nSPS) is 11.8. The second-order valence-corrected chi connectivity index (χ2v) is 13.2. The van der Waals surface area contributed by atoms with Gasteiger partial charge in [0.05, 0.1) is 0 Å². The number of benzene rings is 8. The summed E-state index contributed by atoms with van der Waals surface area (Å²) in [4.78, 5) is 2.37. The van der Waals surface area contributed by atoms with Crippen LogP contribution in [0.2, 0.25) is 0 Å². The van der Waals surface area contributed by atoms with Gasteiger partial charge in [0.1, 0.15) is 11.2 Å². The van der Waals surface area contributed by atoms with Gasteiger partial charge in [-0.2, -0.15) is 0 Å². The first-order valence-electron chi connectivity index (χ1n) is 15.9. The van der Waals surface area contributed by atoms with E-state index in [0.29, 0.717) is 0 Å². The standard InChI is InChI=1S/C44H27NOS/c1-3-11-34-28(8-1)10-7-14-35(34)30-16-19-31(20-17-30)45(33-22-25-43-40(27-33)37-13-5-6-15-42(37)47-43)32-21-24-41-39(26-32)38-23-18-29-9-2-4-12-36(29)44(38)46-41/h1-27H. The van der Waals surface area contributed by atoms with Gasteiger partial charge in [0.15, 0.2) is 0 Å². The molecule has 0 atom stereocenters. The Morgan fingerprint density at radius 2 is 1.04 bits per heavy atom. The van der Waals surface area contributed by atoms with Crippen molar-refractivity contribution >= 4 is 92.1 Å². The molecule has 0 fully saturated rings. The van der Waals surface area contributed by atoms with Crippen molar-refractivity contribution in [1.82, 2.24) is 0 Å². The van der Waals surface area contributed by atoms with Crippen molar-refractivity contribution in [2.75, 3.05) is 4.90 Å². The minimum atomic E-state index is 0.894. The summed E-state index contributed by atoms with van der Waals surface area (Å²) in [6.45, 7) is 0. The topological polar surface area (TPSA) is 16.4 Å². The van der Waals surface area contributed by atoms with Crippen LogP contribution in [0.1, 0.15) is 0 Å². The largest absolute Gasteiger partial charge is 0.455 e. The van der Waals surface area contributed by atoms with Crippen molar-refractivity contribution < 1.29 is 4.42 Å². The lowest BCUT2D eigenvalue weighted by Gasteiger charge is -2.26. The van der Waals surface area contributed by atoms with Crippen molar-refractivity contribution in [3.8, 4) is 11.1 Å². The molecule has 0 amide bonds. The van der Waals surface area contributed by atoms with E-state index in [-0.39, 0.29) is 0 Å². The lowest BCUT2D eigenvalue weighted by molar-refractivity contribution is 0.672. The molecule has 0 saturated heterocycles. The summed E-state index contributed by atoms with van der Waals surface area (Å²) < 4.78 is 9.10. The third kappa shape index (κ3) is 4.17. The molecule has 3 heteroatoms. The van der Waals surface area contributed by atoms with Crippen LogP contribution >= 0.6 is 11.3 Å². The van der Waals surface area contributed by atoms with E-state index in [1.54, 1.807) is 0 Å². The number of thiophene rings is 1. The molecule has 0 bridgehead atoms. The summed E-state index contributed by atoms with van der Waals surface area (Å²) in [6.07, 6.45) is 0. The Kier molecular flexibility index (Phi) is 5.78. The van der Waals surface area contributed by atoms with E-state index in [4.69, 9.17) is 4.42 Å². The monoisotopic (exact) mass is 617 g/mol. The molecule has 220 valence electrons. The first-order valence-corrected chi connectivity index (χ1v) is 16.7. The number of nitrogens with zero attached hydrogens (tertiary/aromatic N) is 1. The zero-order valence-electron chi connectivity index (χ0n) is 25.4. The molecule has 0 unspecified atom stereocenters. The summed E-state index contributed by atoms with van der Waals surface area (Å²) >= 11 is 1.85. The predicted octanol–water partition coefficient (Wildman–Crippen LogP) is 13.4. The smallest absolute Gasteiger partial charge is 0.143 e. The van der Waals surface area contributed by atoms with E-state index in [9.17, 15) is 0 Å². The Balaban J connectivity index is 1.17. The van der Waals surface area contributed by atoms with Gasteiger partial charge in [-0.05, 0) is 87.9 Å². The maximum Gasteiger partial charge on any atom is 0.143 e. The zero-order valence-corrected chi connectivity index (χ0v) is 26.2. The lowest BCUT2D eigenvalue weighted by Crippen LogP contribution is -2.09. The third-order valence-corrected chi connectivity index (χ3v) is 10.6. The first-order chi connectivity index (χ1) is 23.3. The van der Waals surface area contributed by atoms with E-state index in [1.165, 1.54) is 47.5 Å². The minimum Gasteiger partial charge on any atom is -0.455 e. The molecule has 10 aromatic rings. The van der Waals surface area contributed by atoms with Crippen LogP contribution in [0.3, 0.4) is 0 Å². The molecule has 10 rings (SSSR count). The van der Waals surface area contributed by atoms with Crippen LogP contribution in [0.5, 0.6) is 0 Å². The van der Waals surface area contributed by atoms with Crippen LogP contribution in [0, 0.1) is 0 Å². The number of fused-ring (bicyclic) bond motifs is 9. The van der Waals surface area contributed by atoms with Crippen LogP contribution in [0.4, 0.5) is 17.1 Å². The number of furan rings is 1. The highest BCUT2D eigenvalue weighted by Gasteiger charge is 2.18. The second kappa shape index (κ2) is 10.3. The highest BCUT2D eigenvalue weighted by atomic mass is 32.1. The average Bonchev–Trinajstić information content (AvgIpc) is 3.70. The van der Waals surface area contributed by atoms with Crippen molar-refractivity contribution in [2.45, 2.75) is 0 Å². The van der Waals surface area contributed by atoms with Gasteiger partial charge in [-0.15, -0.1) is 11.3 Å². The van der Waals surface area contributed by atoms with Gasteiger partial charge in [0.2, 0.25) is 0 Å². The Morgan fingerprint density at radius 1 is 0.404 bits per heavy atom. The molecule has 0 aliphatic carbocycles. The quantitative estimate of drug-likeness (QED) is 0.195. The summed E-state index contributed by atoms with van der Waals surface area (Å²) in [5.41, 5.74) is 7.59. The average molecular weight is 618 g/mol. The summed E-state index contributed by atoms with van der Waals surface area (Å²) in [5, 5.41) is 9.65. The molecule has 0 aliphatic heterocycles. The van der Waals surface area contributed by atoms with Crippen molar-refractivity contribution in [1.29, 1.82) is 0 Å². The summed E-state index contributed by atoms with van der Waals surface area (Å²) in [6, 6.07) is 59.1. The molecule has 2 nitrogen and oxygen atoms in total. The lowest BCUT2D eigenvalue weighted by atomic mass is 9.98. The Labute approximate surface area is 275 Å². The molecule has 47 heavy (non-hydrogen) atoms. The SMILES string of the molecule is c1ccc2c(-c3ccc(N(c4ccc5oc6c7ccccc7ccc6c5c4)c4ccc5sc6ccccc6c5c4)cc3)cccc2c1. The molecular formula is C44H27NOS. The fourth-order valence-corrected chi connectivity index (χ4v) is 8.29. The van der Waals surface area contributed by atoms with Gasteiger partial charge in [-0.1, -0.05) is 103 Å². The summed E-state index contributed by atoms with van der Waals surface area (Å²) in [7, 11) is 0.